The number of benzene rings is 1. The van der Waals surface area contributed by atoms with E-state index in [1.54, 1.807) is 19.4 Å². The fourth-order valence-corrected chi connectivity index (χ4v) is 1.41. The zero-order chi connectivity index (χ0) is 12.3. The standard InChI is InChI=1S/C13H14N2O2/c1-9-7-13(15-8-10(9)14)17-12-6-4-3-5-11(12)16-2/h3-8H,14H2,1-2H3. The number of ether oxygens (including phenoxy) is 2. The van der Waals surface area contributed by atoms with Crippen LogP contribution in [-0.2, 0) is 0 Å². The minimum atomic E-state index is 0.501. The van der Waals surface area contributed by atoms with Crippen LogP contribution in [0.25, 0.3) is 0 Å². The Labute approximate surface area is 100 Å². The van der Waals surface area contributed by atoms with Crippen LogP contribution in [0.5, 0.6) is 17.4 Å². The van der Waals surface area contributed by atoms with Crippen LogP contribution < -0.4 is 15.2 Å². The molecule has 88 valence electrons. The van der Waals surface area contributed by atoms with E-state index in [1.165, 1.54) is 0 Å². The lowest BCUT2D eigenvalue weighted by atomic mass is 10.2. The molecule has 0 spiro atoms. The Balaban J connectivity index is 2.28. The molecule has 0 aliphatic rings. The molecule has 1 aromatic heterocycles. The molecule has 0 saturated carbocycles. The molecule has 2 aromatic rings. The van der Waals surface area contributed by atoms with Crippen molar-refractivity contribution in [3.63, 3.8) is 0 Å². The molecule has 1 heterocycles. The van der Waals surface area contributed by atoms with Gasteiger partial charge in [0.05, 0.1) is 19.0 Å². The molecule has 0 amide bonds. The lowest BCUT2D eigenvalue weighted by Gasteiger charge is -2.09. The SMILES string of the molecule is COc1ccccc1Oc1cc(C)c(N)cn1. The molecule has 0 saturated heterocycles. The first-order chi connectivity index (χ1) is 8.20. The van der Waals surface area contributed by atoms with Gasteiger partial charge in [-0.2, -0.15) is 0 Å². The van der Waals surface area contributed by atoms with Crippen LogP contribution in [0, 0.1) is 6.92 Å². The highest BCUT2D eigenvalue weighted by atomic mass is 16.5. The molecule has 17 heavy (non-hydrogen) atoms. The molecule has 0 radical (unpaired) electrons. The minimum Gasteiger partial charge on any atom is -0.493 e. The lowest BCUT2D eigenvalue weighted by Crippen LogP contribution is -1.95. The van der Waals surface area contributed by atoms with Gasteiger partial charge in [0.25, 0.3) is 0 Å². The van der Waals surface area contributed by atoms with Crippen LogP contribution in [0.15, 0.2) is 36.5 Å². The molecule has 2 N–H and O–H groups in total. The third-order valence-electron chi connectivity index (χ3n) is 2.41. The largest absolute Gasteiger partial charge is 0.493 e. The first-order valence-electron chi connectivity index (χ1n) is 5.23. The average molecular weight is 230 g/mol. The number of para-hydroxylation sites is 2. The summed E-state index contributed by atoms with van der Waals surface area (Å²) in [6.07, 6.45) is 1.58. The number of aromatic nitrogens is 1. The van der Waals surface area contributed by atoms with Gasteiger partial charge in [0, 0.05) is 6.07 Å². The summed E-state index contributed by atoms with van der Waals surface area (Å²) in [5, 5.41) is 0. The van der Waals surface area contributed by atoms with Crippen LogP contribution in [-0.4, -0.2) is 12.1 Å². The quantitative estimate of drug-likeness (QED) is 0.880. The first-order valence-corrected chi connectivity index (χ1v) is 5.23. The fourth-order valence-electron chi connectivity index (χ4n) is 1.41. The second-order valence-electron chi connectivity index (χ2n) is 3.63. The van der Waals surface area contributed by atoms with Gasteiger partial charge in [-0.1, -0.05) is 12.1 Å². The molecule has 2 rings (SSSR count). The minimum absolute atomic E-state index is 0.501. The van der Waals surface area contributed by atoms with Crippen molar-refractivity contribution >= 4 is 5.69 Å². The van der Waals surface area contributed by atoms with E-state index in [2.05, 4.69) is 4.98 Å². The molecule has 0 unspecified atom stereocenters. The molecule has 4 nitrogen and oxygen atoms in total. The summed E-state index contributed by atoms with van der Waals surface area (Å²) in [4.78, 5) is 4.11. The molecule has 0 fully saturated rings. The third-order valence-corrected chi connectivity index (χ3v) is 2.41. The maximum atomic E-state index is 5.70. The third kappa shape index (κ3) is 2.47. The number of nitrogens with zero attached hydrogens (tertiary/aromatic N) is 1. The van der Waals surface area contributed by atoms with Gasteiger partial charge >= 0.3 is 0 Å². The Kier molecular flexibility index (Phi) is 3.14. The lowest BCUT2D eigenvalue weighted by molar-refractivity contribution is 0.374. The van der Waals surface area contributed by atoms with Crippen molar-refractivity contribution in [2.24, 2.45) is 0 Å². The summed E-state index contributed by atoms with van der Waals surface area (Å²) in [7, 11) is 1.60. The van der Waals surface area contributed by atoms with E-state index < -0.39 is 0 Å². The second-order valence-corrected chi connectivity index (χ2v) is 3.63. The van der Waals surface area contributed by atoms with Crippen molar-refractivity contribution in [1.29, 1.82) is 0 Å². The number of anilines is 1. The Morgan fingerprint density at radius 2 is 1.88 bits per heavy atom. The summed E-state index contributed by atoms with van der Waals surface area (Å²) in [5.41, 5.74) is 7.28. The predicted octanol–water partition coefficient (Wildman–Crippen LogP) is 2.77. The molecular formula is C13H14N2O2. The van der Waals surface area contributed by atoms with Crippen molar-refractivity contribution in [2.45, 2.75) is 6.92 Å². The van der Waals surface area contributed by atoms with Gasteiger partial charge in [-0.15, -0.1) is 0 Å². The highest BCUT2D eigenvalue weighted by Crippen LogP contribution is 2.30. The molecule has 0 aliphatic heterocycles. The molecule has 1 aromatic carbocycles. The van der Waals surface area contributed by atoms with E-state index in [0.717, 1.165) is 5.56 Å². The van der Waals surface area contributed by atoms with Crippen LogP contribution in [0.1, 0.15) is 5.56 Å². The monoisotopic (exact) mass is 230 g/mol. The van der Waals surface area contributed by atoms with Gasteiger partial charge in [-0.25, -0.2) is 4.98 Å². The summed E-state index contributed by atoms with van der Waals surface area (Å²) in [6.45, 7) is 1.91. The van der Waals surface area contributed by atoms with E-state index >= 15 is 0 Å². The van der Waals surface area contributed by atoms with Gasteiger partial charge in [0.15, 0.2) is 11.5 Å². The topological polar surface area (TPSA) is 57.4 Å². The Morgan fingerprint density at radius 3 is 2.53 bits per heavy atom. The van der Waals surface area contributed by atoms with Gasteiger partial charge in [-0.05, 0) is 24.6 Å². The highest BCUT2D eigenvalue weighted by molar-refractivity contribution is 5.47. The number of pyridine rings is 1. The Hall–Kier alpha value is -2.23. The number of hydrogen-bond donors (Lipinski definition) is 1. The summed E-state index contributed by atoms with van der Waals surface area (Å²) < 4.78 is 10.8. The summed E-state index contributed by atoms with van der Waals surface area (Å²) in [6, 6.07) is 9.21. The van der Waals surface area contributed by atoms with Crippen molar-refractivity contribution in [3.8, 4) is 17.4 Å². The van der Waals surface area contributed by atoms with Crippen LogP contribution in [0.3, 0.4) is 0 Å². The number of rotatable bonds is 3. The highest BCUT2D eigenvalue weighted by Gasteiger charge is 2.06. The Morgan fingerprint density at radius 1 is 1.18 bits per heavy atom. The predicted molar refractivity (Wildman–Crippen MR) is 66.5 cm³/mol. The van der Waals surface area contributed by atoms with Crippen molar-refractivity contribution in [1.82, 2.24) is 4.98 Å². The number of aryl methyl sites for hydroxylation is 1. The van der Waals surface area contributed by atoms with Gasteiger partial charge in [-0.3, -0.25) is 0 Å². The summed E-state index contributed by atoms with van der Waals surface area (Å²) >= 11 is 0. The number of nitrogen functional groups attached to an aromatic ring is 1. The van der Waals surface area contributed by atoms with E-state index in [1.807, 2.05) is 31.2 Å². The van der Waals surface area contributed by atoms with Crippen molar-refractivity contribution in [2.75, 3.05) is 12.8 Å². The van der Waals surface area contributed by atoms with E-state index in [-0.39, 0.29) is 0 Å². The normalized spacial score (nSPS) is 10.0. The van der Waals surface area contributed by atoms with Gasteiger partial charge in [0.1, 0.15) is 0 Å². The van der Waals surface area contributed by atoms with E-state index in [0.29, 0.717) is 23.1 Å². The second kappa shape index (κ2) is 4.74. The van der Waals surface area contributed by atoms with Crippen LogP contribution >= 0.6 is 0 Å². The van der Waals surface area contributed by atoms with E-state index in [9.17, 15) is 0 Å². The van der Waals surface area contributed by atoms with Gasteiger partial charge < -0.3 is 15.2 Å². The smallest absolute Gasteiger partial charge is 0.219 e. The number of hydrogen-bond acceptors (Lipinski definition) is 4. The first kappa shape index (κ1) is 11.3. The van der Waals surface area contributed by atoms with Crippen LogP contribution in [0.4, 0.5) is 5.69 Å². The molecule has 0 bridgehead atoms. The molecular weight excluding hydrogens is 216 g/mol. The molecule has 4 heteroatoms. The maximum absolute atomic E-state index is 5.70. The molecule has 0 aliphatic carbocycles. The van der Waals surface area contributed by atoms with Gasteiger partial charge in [0.2, 0.25) is 5.88 Å². The van der Waals surface area contributed by atoms with Crippen molar-refractivity contribution < 1.29 is 9.47 Å². The number of nitrogens with two attached hydrogens (primary N) is 1. The Bertz CT molecular complexity index is 527. The van der Waals surface area contributed by atoms with Crippen molar-refractivity contribution in [3.05, 3.63) is 42.1 Å². The summed E-state index contributed by atoms with van der Waals surface area (Å²) in [5.74, 6) is 1.80. The average Bonchev–Trinajstić information content (AvgIpc) is 2.34. The van der Waals surface area contributed by atoms with E-state index in [4.69, 9.17) is 15.2 Å². The zero-order valence-electron chi connectivity index (χ0n) is 9.81. The number of methoxy groups -OCH3 is 1. The van der Waals surface area contributed by atoms with Crippen LogP contribution in [0.2, 0.25) is 0 Å². The zero-order valence-corrected chi connectivity index (χ0v) is 9.81. The fraction of sp³-hybridized carbons (Fsp3) is 0.154. The molecule has 0 atom stereocenters. The maximum Gasteiger partial charge on any atom is 0.219 e.